The summed E-state index contributed by atoms with van der Waals surface area (Å²) in [6, 6.07) is 22.0. The van der Waals surface area contributed by atoms with E-state index in [1.807, 2.05) is 42.5 Å². The summed E-state index contributed by atoms with van der Waals surface area (Å²) in [6.07, 6.45) is 2.74. The van der Waals surface area contributed by atoms with Crippen molar-refractivity contribution in [2.75, 3.05) is 6.61 Å². The van der Waals surface area contributed by atoms with Crippen LogP contribution >= 0.6 is 23.2 Å². The molecule has 0 bridgehead atoms. The summed E-state index contributed by atoms with van der Waals surface area (Å²) in [5.41, 5.74) is 3.19. The van der Waals surface area contributed by atoms with Gasteiger partial charge in [-0.15, -0.1) is 0 Å². The van der Waals surface area contributed by atoms with E-state index in [0.29, 0.717) is 21.2 Å². The summed E-state index contributed by atoms with van der Waals surface area (Å²) in [5.74, 6) is -0.897. The van der Waals surface area contributed by atoms with Gasteiger partial charge < -0.3 is 4.74 Å². The molecule has 3 aromatic rings. The molecule has 0 N–H and O–H groups in total. The van der Waals surface area contributed by atoms with Crippen LogP contribution < -0.4 is 0 Å². The lowest BCUT2D eigenvalue weighted by Crippen LogP contribution is -2.12. The average molecular weight is 411 g/mol. The normalized spacial score (nSPS) is 10.8. The molecule has 0 amide bonds. The Hall–Kier alpha value is -2.88. The van der Waals surface area contributed by atoms with Gasteiger partial charge in [0.1, 0.15) is 0 Å². The van der Waals surface area contributed by atoms with E-state index in [4.69, 9.17) is 27.9 Å². The molecule has 3 aromatic carbocycles. The summed E-state index contributed by atoms with van der Waals surface area (Å²) < 4.78 is 5.01. The third kappa shape index (κ3) is 5.32. The topological polar surface area (TPSA) is 43.4 Å². The maximum absolute atomic E-state index is 12.2. The van der Waals surface area contributed by atoms with E-state index in [9.17, 15) is 9.59 Å². The van der Waals surface area contributed by atoms with Crippen molar-refractivity contribution < 1.29 is 14.3 Å². The molecule has 28 heavy (non-hydrogen) atoms. The van der Waals surface area contributed by atoms with Crippen LogP contribution in [-0.4, -0.2) is 18.4 Å². The Morgan fingerprint density at radius 3 is 2.21 bits per heavy atom. The van der Waals surface area contributed by atoms with E-state index in [1.165, 1.54) is 12.2 Å². The lowest BCUT2D eigenvalue weighted by atomic mass is 10.0. The Morgan fingerprint density at radius 2 is 1.54 bits per heavy atom. The van der Waals surface area contributed by atoms with Crippen LogP contribution in [0.3, 0.4) is 0 Å². The van der Waals surface area contributed by atoms with E-state index >= 15 is 0 Å². The predicted molar refractivity (Wildman–Crippen MR) is 113 cm³/mol. The molecule has 5 heteroatoms. The second-order valence-corrected chi connectivity index (χ2v) is 6.82. The third-order valence-corrected chi connectivity index (χ3v) is 4.58. The van der Waals surface area contributed by atoms with Crippen LogP contribution in [0, 0.1) is 0 Å². The summed E-state index contributed by atoms with van der Waals surface area (Å²) in [7, 11) is 0. The van der Waals surface area contributed by atoms with Crippen LogP contribution in [0.4, 0.5) is 0 Å². The van der Waals surface area contributed by atoms with Gasteiger partial charge in [-0.1, -0.05) is 83.9 Å². The van der Waals surface area contributed by atoms with Gasteiger partial charge in [0.25, 0.3) is 0 Å². The highest BCUT2D eigenvalue weighted by Crippen LogP contribution is 2.22. The fourth-order valence-electron chi connectivity index (χ4n) is 2.54. The zero-order valence-electron chi connectivity index (χ0n) is 14.8. The molecule has 0 aliphatic heterocycles. The predicted octanol–water partition coefficient (Wildman–Crippen LogP) is 6.10. The number of rotatable bonds is 6. The molecule has 0 atom stereocenters. The number of carbonyl (C=O) groups is 2. The first-order valence-electron chi connectivity index (χ1n) is 8.51. The van der Waals surface area contributed by atoms with Crippen molar-refractivity contribution in [2.45, 2.75) is 0 Å². The number of ketones is 1. The van der Waals surface area contributed by atoms with Gasteiger partial charge in [0.05, 0.1) is 0 Å². The Kier molecular flexibility index (Phi) is 6.64. The SMILES string of the molecule is O=C(C=Cc1ccc(Cl)cc1Cl)OCC(=O)c1ccc(-c2ccccc2)cc1. The van der Waals surface area contributed by atoms with E-state index in [1.54, 1.807) is 30.3 Å². The molecular formula is C23H16Cl2O3. The molecular weight excluding hydrogens is 395 g/mol. The molecule has 0 aromatic heterocycles. The van der Waals surface area contributed by atoms with Crippen molar-refractivity contribution in [3.8, 4) is 11.1 Å². The van der Waals surface area contributed by atoms with Crippen LogP contribution in [0.2, 0.25) is 10.0 Å². The molecule has 3 nitrogen and oxygen atoms in total. The van der Waals surface area contributed by atoms with E-state index in [0.717, 1.165) is 11.1 Å². The van der Waals surface area contributed by atoms with Crippen LogP contribution in [-0.2, 0) is 9.53 Å². The van der Waals surface area contributed by atoms with Crippen LogP contribution in [0.5, 0.6) is 0 Å². The third-order valence-electron chi connectivity index (χ3n) is 4.02. The van der Waals surface area contributed by atoms with Gasteiger partial charge in [0, 0.05) is 21.7 Å². The van der Waals surface area contributed by atoms with E-state index in [2.05, 4.69) is 0 Å². The van der Waals surface area contributed by atoms with E-state index in [-0.39, 0.29) is 12.4 Å². The van der Waals surface area contributed by atoms with Gasteiger partial charge in [-0.25, -0.2) is 4.79 Å². The molecule has 0 aliphatic rings. The molecule has 0 saturated heterocycles. The minimum absolute atomic E-state index is 0.272. The monoisotopic (exact) mass is 410 g/mol. The highest BCUT2D eigenvalue weighted by molar-refractivity contribution is 6.35. The maximum atomic E-state index is 12.2. The van der Waals surface area contributed by atoms with E-state index < -0.39 is 5.97 Å². The lowest BCUT2D eigenvalue weighted by Gasteiger charge is -2.05. The van der Waals surface area contributed by atoms with Crippen molar-refractivity contribution in [1.82, 2.24) is 0 Å². The van der Waals surface area contributed by atoms with Crippen molar-refractivity contribution in [3.63, 3.8) is 0 Å². The van der Waals surface area contributed by atoms with Crippen LogP contribution in [0.15, 0.2) is 78.9 Å². The van der Waals surface area contributed by atoms with Crippen molar-refractivity contribution >= 4 is 41.0 Å². The van der Waals surface area contributed by atoms with Gasteiger partial charge in [-0.2, -0.15) is 0 Å². The minimum Gasteiger partial charge on any atom is -0.454 e. The summed E-state index contributed by atoms with van der Waals surface area (Å²) >= 11 is 11.9. The number of halogens is 2. The van der Waals surface area contributed by atoms with Crippen molar-refractivity contribution in [2.24, 2.45) is 0 Å². The van der Waals surface area contributed by atoms with Gasteiger partial charge in [0.15, 0.2) is 12.4 Å². The largest absolute Gasteiger partial charge is 0.454 e. The van der Waals surface area contributed by atoms with Gasteiger partial charge in [-0.05, 0) is 34.9 Å². The molecule has 140 valence electrons. The Balaban J connectivity index is 1.56. The maximum Gasteiger partial charge on any atom is 0.331 e. The molecule has 0 spiro atoms. The number of esters is 1. The van der Waals surface area contributed by atoms with Gasteiger partial charge >= 0.3 is 5.97 Å². The number of hydrogen-bond donors (Lipinski definition) is 0. The zero-order valence-corrected chi connectivity index (χ0v) is 16.3. The Bertz CT molecular complexity index is 1010. The number of benzene rings is 3. The molecule has 0 radical (unpaired) electrons. The first-order chi connectivity index (χ1) is 13.5. The summed E-state index contributed by atoms with van der Waals surface area (Å²) in [4.78, 5) is 24.1. The number of ether oxygens (including phenoxy) is 1. The Morgan fingerprint density at radius 1 is 0.857 bits per heavy atom. The quantitative estimate of drug-likeness (QED) is 0.280. The Labute approximate surface area is 173 Å². The number of hydrogen-bond acceptors (Lipinski definition) is 3. The van der Waals surface area contributed by atoms with Crippen molar-refractivity contribution in [3.05, 3.63) is 100 Å². The minimum atomic E-state index is -0.625. The molecule has 0 heterocycles. The smallest absolute Gasteiger partial charge is 0.331 e. The molecule has 3 rings (SSSR count). The molecule has 0 fully saturated rings. The van der Waals surface area contributed by atoms with Crippen molar-refractivity contribution in [1.29, 1.82) is 0 Å². The zero-order chi connectivity index (χ0) is 19.9. The number of carbonyl (C=O) groups excluding carboxylic acids is 2. The first-order valence-corrected chi connectivity index (χ1v) is 9.27. The average Bonchev–Trinajstić information content (AvgIpc) is 2.72. The molecule has 0 unspecified atom stereocenters. The first kappa shape index (κ1) is 19.9. The summed E-state index contributed by atoms with van der Waals surface area (Å²) in [5, 5.41) is 0.930. The highest BCUT2D eigenvalue weighted by Gasteiger charge is 2.09. The lowest BCUT2D eigenvalue weighted by molar-refractivity contribution is -0.136. The van der Waals surface area contributed by atoms with Gasteiger partial charge in [0.2, 0.25) is 0 Å². The van der Waals surface area contributed by atoms with Gasteiger partial charge in [-0.3, -0.25) is 4.79 Å². The second-order valence-electron chi connectivity index (χ2n) is 5.97. The summed E-state index contributed by atoms with van der Waals surface area (Å²) in [6.45, 7) is -0.331. The number of Topliss-reactive ketones (excluding diaryl/α,β-unsaturated/α-hetero) is 1. The molecule has 0 aliphatic carbocycles. The van der Waals surface area contributed by atoms with Crippen LogP contribution in [0.1, 0.15) is 15.9 Å². The highest BCUT2D eigenvalue weighted by atomic mass is 35.5. The fraction of sp³-hybridized carbons (Fsp3) is 0.0435. The van der Waals surface area contributed by atoms with Crippen LogP contribution in [0.25, 0.3) is 17.2 Å². The molecule has 0 saturated carbocycles. The second kappa shape index (κ2) is 9.36. The fourth-order valence-corrected chi connectivity index (χ4v) is 3.01. The standard InChI is InChI=1S/C23H16Cl2O3/c24-20-12-10-18(21(25)14-20)11-13-23(27)28-15-22(26)19-8-6-17(7-9-19)16-4-2-1-3-5-16/h1-14H,15H2.